The topological polar surface area (TPSA) is 67.8 Å². The number of hydrogen-bond acceptors (Lipinski definition) is 4. The molecule has 0 aromatic carbocycles. The van der Waals surface area contributed by atoms with Crippen LogP contribution in [0.2, 0.25) is 0 Å². The fraction of sp³-hybridized carbons (Fsp3) is 0.944. The molecule has 1 heterocycles. The van der Waals surface area contributed by atoms with Crippen LogP contribution >= 0.6 is 0 Å². The van der Waals surface area contributed by atoms with Gasteiger partial charge in [0.2, 0.25) is 0 Å². The van der Waals surface area contributed by atoms with E-state index in [-0.39, 0.29) is 17.9 Å². The number of carbonyl (C=O) groups is 1. The van der Waals surface area contributed by atoms with Crippen LogP contribution in [0.15, 0.2) is 0 Å². The first-order valence-electron chi connectivity index (χ1n) is 8.88. The summed E-state index contributed by atoms with van der Waals surface area (Å²) < 4.78 is 11.0. The minimum Gasteiger partial charge on any atom is -0.444 e. The molecule has 0 spiro atoms. The first-order chi connectivity index (χ1) is 10.7. The Morgan fingerprint density at radius 2 is 2.09 bits per heavy atom. The van der Waals surface area contributed by atoms with Crippen molar-refractivity contribution in [2.75, 3.05) is 19.8 Å². The maximum atomic E-state index is 11.9. The van der Waals surface area contributed by atoms with Gasteiger partial charge in [-0.05, 0) is 52.4 Å². The second-order valence-electron chi connectivity index (χ2n) is 8.06. The van der Waals surface area contributed by atoms with Crippen molar-refractivity contribution in [3.05, 3.63) is 0 Å². The Balaban J connectivity index is 2.50. The monoisotopic (exact) mass is 329 g/mol. The molecule has 5 nitrogen and oxygen atoms in total. The summed E-state index contributed by atoms with van der Waals surface area (Å²) in [6, 6.07) is 0. The molecule has 0 aromatic rings. The second kappa shape index (κ2) is 8.88. The third kappa shape index (κ3) is 7.08. The molecule has 0 bridgehead atoms. The number of aliphatic hydroxyl groups excluding tert-OH is 1. The van der Waals surface area contributed by atoms with Crippen molar-refractivity contribution in [1.82, 2.24) is 5.32 Å². The lowest BCUT2D eigenvalue weighted by atomic mass is 9.73. The number of rotatable bonds is 8. The Morgan fingerprint density at radius 3 is 2.57 bits per heavy atom. The number of alkyl carbamates (subject to hydrolysis) is 1. The first kappa shape index (κ1) is 20.2. The van der Waals surface area contributed by atoms with Crippen LogP contribution in [0.1, 0.15) is 66.7 Å². The molecule has 1 rings (SSSR count). The Morgan fingerprint density at radius 1 is 1.39 bits per heavy atom. The quantitative estimate of drug-likeness (QED) is 0.715. The molecule has 2 atom stereocenters. The number of hydrogen-bond donors (Lipinski definition) is 2. The van der Waals surface area contributed by atoms with Crippen molar-refractivity contribution in [3.8, 4) is 0 Å². The van der Waals surface area contributed by atoms with Gasteiger partial charge in [-0.1, -0.05) is 20.3 Å². The van der Waals surface area contributed by atoms with Crippen LogP contribution < -0.4 is 5.32 Å². The largest absolute Gasteiger partial charge is 0.444 e. The summed E-state index contributed by atoms with van der Waals surface area (Å²) in [5.41, 5.74) is -0.820. The van der Waals surface area contributed by atoms with E-state index >= 15 is 0 Å². The van der Waals surface area contributed by atoms with Crippen LogP contribution in [0.4, 0.5) is 4.79 Å². The summed E-state index contributed by atoms with van der Waals surface area (Å²) >= 11 is 0. The SMILES string of the molecule is CC(C)C(CO)(CCCC1CCCO1)CNC(=O)OC(C)(C)C. The van der Waals surface area contributed by atoms with Gasteiger partial charge in [0.25, 0.3) is 0 Å². The van der Waals surface area contributed by atoms with E-state index < -0.39 is 11.7 Å². The molecule has 1 aliphatic rings. The summed E-state index contributed by atoms with van der Waals surface area (Å²) in [6.45, 7) is 11.1. The van der Waals surface area contributed by atoms with Gasteiger partial charge in [-0.3, -0.25) is 0 Å². The van der Waals surface area contributed by atoms with Gasteiger partial charge < -0.3 is 19.9 Å². The van der Waals surface area contributed by atoms with Gasteiger partial charge in [-0.15, -0.1) is 0 Å². The second-order valence-corrected chi connectivity index (χ2v) is 8.06. The molecular weight excluding hydrogens is 294 g/mol. The van der Waals surface area contributed by atoms with Gasteiger partial charge in [0.05, 0.1) is 12.7 Å². The van der Waals surface area contributed by atoms with E-state index in [0.717, 1.165) is 38.7 Å². The summed E-state index contributed by atoms with van der Waals surface area (Å²) in [6.07, 6.45) is 5.15. The van der Waals surface area contributed by atoms with Gasteiger partial charge >= 0.3 is 6.09 Å². The lowest BCUT2D eigenvalue weighted by Gasteiger charge is -2.36. The Kier molecular flexibility index (Phi) is 7.81. The number of carbonyl (C=O) groups excluding carboxylic acids is 1. The van der Waals surface area contributed by atoms with Crippen molar-refractivity contribution in [1.29, 1.82) is 0 Å². The number of nitrogens with one attached hydrogen (secondary N) is 1. The molecule has 2 unspecified atom stereocenters. The third-order valence-electron chi connectivity index (χ3n) is 4.75. The predicted molar refractivity (Wildman–Crippen MR) is 91.4 cm³/mol. The van der Waals surface area contributed by atoms with Crippen LogP contribution in [0, 0.1) is 11.3 Å². The van der Waals surface area contributed by atoms with E-state index in [0.29, 0.717) is 12.6 Å². The molecule has 1 amide bonds. The van der Waals surface area contributed by atoms with Gasteiger partial charge in [0.1, 0.15) is 5.60 Å². The molecule has 1 saturated heterocycles. The highest BCUT2D eigenvalue weighted by Crippen LogP contribution is 2.33. The zero-order valence-corrected chi connectivity index (χ0v) is 15.5. The van der Waals surface area contributed by atoms with E-state index in [4.69, 9.17) is 9.47 Å². The van der Waals surface area contributed by atoms with Gasteiger partial charge in [-0.2, -0.15) is 0 Å². The summed E-state index contributed by atoms with van der Waals surface area (Å²) in [4.78, 5) is 11.9. The standard InChI is InChI=1S/C18H35NO4/c1-14(2)18(13-20,10-6-8-15-9-7-11-22-15)12-19-16(21)23-17(3,4)5/h14-15,20H,6-13H2,1-5H3,(H,19,21). The molecule has 0 radical (unpaired) electrons. The number of aliphatic hydroxyl groups is 1. The number of amides is 1. The van der Waals surface area contributed by atoms with Crippen LogP contribution in [-0.2, 0) is 9.47 Å². The van der Waals surface area contributed by atoms with Gasteiger partial charge in [0, 0.05) is 18.6 Å². The molecular formula is C18H35NO4. The van der Waals surface area contributed by atoms with Crippen LogP contribution in [0.3, 0.4) is 0 Å². The van der Waals surface area contributed by atoms with Crippen LogP contribution in [0.5, 0.6) is 0 Å². The maximum Gasteiger partial charge on any atom is 0.407 e. The molecule has 23 heavy (non-hydrogen) atoms. The summed E-state index contributed by atoms with van der Waals surface area (Å²) in [7, 11) is 0. The Labute approximate surface area is 141 Å². The van der Waals surface area contributed by atoms with Crippen molar-refractivity contribution < 1.29 is 19.4 Å². The number of ether oxygens (including phenoxy) is 2. The smallest absolute Gasteiger partial charge is 0.407 e. The van der Waals surface area contributed by atoms with Crippen molar-refractivity contribution in [3.63, 3.8) is 0 Å². The van der Waals surface area contributed by atoms with E-state index in [1.807, 2.05) is 20.8 Å². The first-order valence-corrected chi connectivity index (χ1v) is 8.88. The molecule has 5 heteroatoms. The molecule has 1 aliphatic heterocycles. The van der Waals surface area contributed by atoms with Crippen molar-refractivity contribution >= 4 is 6.09 Å². The van der Waals surface area contributed by atoms with Crippen molar-refractivity contribution in [2.45, 2.75) is 78.4 Å². The average Bonchev–Trinajstić information content (AvgIpc) is 2.93. The maximum absolute atomic E-state index is 11.9. The molecule has 0 aliphatic carbocycles. The Hall–Kier alpha value is -0.810. The summed E-state index contributed by atoms with van der Waals surface area (Å²) in [5, 5.41) is 12.8. The van der Waals surface area contributed by atoms with E-state index in [9.17, 15) is 9.90 Å². The fourth-order valence-corrected chi connectivity index (χ4v) is 3.01. The molecule has 2 N–H and O–H groups in total. The van der Waals surface area contributed by atoms with Crippen LogP contribution in [-0.4, -0.2) is 42.7 Å². The lowest BCUT2D eigenvalue weighted by molar-refractivity contribution is 0.0331. The minimum absolute atomic E-state index is 0.0615. The van der Waals surface area contributed by atoms with E-state index in [1.165, 1.54) is 0 Å². The van der Waals surface area contributed by atoms with Crippen LogP contribution in [0.25, 0.3) is 0 Å². The van der Waals surface area contributed by atoms with Gasteiger partial charge in [0.15, 0.2) is 0 Å². The van der Waals surface area contributed by atoms with E-state index in [2.05, 4.69) is 19.2 Å². The highest BCUT2D eigenvalue weighted by molar-refractivity contribution is 5.67. The summed E-state index contributed by atoms with van der Waals surface area (Å²) in [5.74, 6) is 0.270. The van der Waals surface area contributed by atoms with E-state index in [1.54, 1.807) is 0 Å². The third-order valence-corrected chi connectivity index (χ3v) is 4.75. The zero-order valence-electron chi connectivity index (χ0n) is 15.5. The molecule has 0 saturated carbocycles. The lowest BCUT2D eigenvalue weighted by Crippen LogP contribution is -2.45. The average molecular weight is 329 g/mol. The van der Waals surface area contributed by atoms with Crippen molar-refractivity contribution in [2.24, 2.45) is 11.3 Å². The molecule has 136 valence electrons. The normalized spacial score (nSPS) is 21.3. The fourth-order valence-electron chi connectivity index (χ4n) is 3.01. The predicted octanol–water partition coefficient (Wildman–Crippen LogP) is 3.50. The van der Waals surface area contributed by atoms with Gasteiger partial charge in [-0.25, -0.2) is 4.79 Å². The zero-order chi connectivity index (χ0) is 17.5. The Bertz CT molecular complexity index is 359. The highest BCUT2D eigenvalue weighted by atomic mass is 16.6. The molecule has 1 fully saturated rings. The molecule has 0 aromatic heterocycles. The minimum atomic E-state index is -0.510. The highest BCUT2D eigenvalue weighted by Gasteiger charge is 2.34.